The maximum absolute atomic E-state index is 12.0. The van der Waals surface area contributed by atoms with Crippen molar-refractivity contribution in [3.63, 3.8) is 0 Å². The standard InChI is InChI=1S/C14H11Cl4N3O/c1-7-2-10(16)9(14(18)21-7)4-13(22)20-6-12-11(17)3-8(15)5-19-12/h2-3,5H,4,6H2,1H3,(H,20,22). The highest BCUT2D eigenvalue weighted by Gasteiger charge is 2.13. The first-order chi connectivity index (χ1) is 10.4. The van der Waals surface area contributed by atoms with Crippen molar-refractivity contribution in [2.24, 2.45) is 0 Å². The normalized spacial score (nSPS) is 10.6. The Morgan fingerprint density at radius 3 is 2.55 bits per heavy atom. The van der Waals surface area contributed by atoms with Crippen LogP contribution in [0, 0.1) is 6.92 Å². The molecule has 0 bridgehead atoms. The number of carbonyl (C=O) groups excluding carboxylic acids is 1. The molecule has 0 fully saturated rings. The summed E-state index contributed by atoms with van der Waals surface area (Å²) in [5, 5.41) is 4.16. The summed E-state index contributed by atoms with van der Waals surface area (Å²) in [6, 6.07) is 3.23. The minimum absolute atomic E-state index is 0.0240. The van der Waals surface area contributed by atoms with Gasteiger partial charge in [0.1, 0.15) is 5.15 Å². The van der Waals surface area contributed by atoms with Gasteiger partial charge in [0, 0.05) is 22.5 Å². The molecule has 2 heterocycles. The SMILES string of the molecule is Cc1cc(Cl)c(CC(=O)NCc2ncc(Cl)cc2Cl)c(Cl)n1. The van der Waals surface area contributed by atoms with Crippen molar-refractivity contribution in [3.05, 3.63) is 55.5 Å². The van der Waals surface area contributed by atoms with E-state index in [0.29, 0.717) is 32.0 Å². The minimum Gasteiger partial charge on any atom is -0.350 e. The predicted molar refractivity (Wildman–Crippen MR) is 88.8 cm³/mol. The van der Waals surface area contributed by atoms with Crippen LogP contribution < -0.4 is 5.32 Å². The van der Waals surface area contributed by atoms with Gasteiger partial charge in [0.15, 0.2) is 0 Å². The number of nitrogens with zero attached hydrogens (tertiary/aromatic N) is 2. The van der Waals surface area contributed by atoms with Gasteiger partial charge in [-0.15, -0.1) is 0 Å². The molecule has 0 aliphatic heterocycles. The zero-order valence-corrected chi connectivity index (χ0v) is 14.5. The largest absolute Gasteiger partial charge is 0.350 e. The van der Waals surface area contributed by atoms with Gasteiger partial charge in [0.2, 0.25) is 5.91 Å². The predicted octanol–water partition coefficient (Wildman–Crippen LogP) is 4.26. The molecule has 0 unspecified atom stereocenters. The molecule has 2 rings (SSSR count). The van der Waals surface area contributed by atoms with E-state index in [9.17, 15) is 4.79 Å². The van der Waals surface area contributed by atoms with Crippen molar-refractivity contribution in [3.8, 4) is 0 Å². The number of aryl methyl sites for hydroxylation is 1. The summed E-state index contributed by atoms with van der Waals surface area (Å²) in [7, 11) is 0. The van der Waals surface area contributed by atoms with Gasteiger partial charge in [-0.05, 0) is 19.1 Å². The lowest BCUT2D eigenvalue weighted by molar-refractivity contribution is -0.120. The van der Waals surface area contributed by atoms with Gasteiger partial charge >= 0.3 is 0 Å². The highest BCUT2D eigenvalue weighted by molar-refractivity contribution is 6.35. The fourth-order valence-electron chi connectivity index (χ4n) is 1.76. The molecule has 0 atom stereocenters. The van der Waals surface area contributed by atoms with Gasteiger partial charge < -0.3 is 5.32 Å². The quantitative estimate of drug-likeness (QED) is 0.808. The third kappa shape index (κ3) is 4.46. The van der Waals surface area contributed by atoms with Crippen molar-refractivity contribution in [1.29, 1.82) is 0 Å². The smallest absolute Gasteiger partial charge is 0.224 e. The Labute approximate surface area is 147 Å². The number of pyridine rings is 2. The first-order valence-corrected chi connectivity index (χ1v) is 7.76. The van der Waals surface area contributed by atoms with Gasteiger partial charge in [-0.1, -0.05) is 46.4 Å². The molecule has 0 spiro atoms. The van der Waals surface area contributed by atoms with Gasteiger partial charge in [-0.3, -0.25) is 9.78 Å². The molecule has 0 radical (unpaired) electrons. The monoisotopic (exact) mass is 377 g/mol. The first-order valence-electron chi connectivity index (χ1n) is 6.25. The number of nitrogens with one attached hydrogen (secondary N) is 1. The van der Waals surface area contributed by atoms with Crippen LogP contribution in [-0.4, -0.2) is 15.9 Å². The fraction of sp³-hybridized carbons (Fsp3) is 0.214. The molecule has 1 N–H and O–H groups in total. The second-order valence-corrected chi connectivity index (χ2v) is 6.16. The Balaban J connectivity index is 2.02. The molecule has 8 heteroatoms. The van der Waals surface area contributed by atoms with E-state index < -0.39 is 0 Å². The summed E-state index contributed by atoms with van der Waals surface area (Å²) >= 11 is 23.9. The van der Waals surface area contributed by atoms with Gasteiger partial charge in [0.25, 0.3) is 0 Å². The number of hydrogen-bond donors (Lipinski definition) is 1. The summed E-state index contributed by atoms with van der Waals surface area (Å²) in [4.78, 5) is 20.1. The average Bonchev–Trinajstić information content (AvgIpc) is 2.42. The highest BCUT2D eigenvalue weighted by atomic mass is 35.5. The van der Waals surface area contributed by atoms with Gasteiger partial charge in [-0.25, -0.2) is 4.98 Å². The second-order valence-electron chi connectivity index (χ2n) is 4.55. The molecule has 22 heavy (non-hydrogen) atoms. The van der Waals surface area contributed by atoms with Crippen LogP contribution in [0.5, 0.6) is 0 Å². The molecule has 2 aromatic heterocycles. The Morgan fingerprint density at radius 1 is 1.18 bits per heavy atom. The molecule has 4 nitrogen and oxygen atoms in total. The second kappa shape index (κ2) is 7.47. The first kappa shape index (κ1) is 17.3. The van der Waals surface area contributed by atoms with Crippen molar-refractivity contribution in [1.82, 2.24) is 15.3 Å². The van der Waals surface area contributed by atoms with E-state index in [2.05, 4.69) is 15.3 Å². The number of aromatic nitrogens is 2. The van der Waals surface area contributed by atoms with Crippen LogP contribution in [0.15, 0.2) is 18.3 Å². The molecule has 2 aromatic rings. The fourth-order valence-corrected chi connectivity index (χ4v) is 2.87. The van der Waals surface area contributed by atoms with Crippen molar-refractivity contribution < 1.29 is 4.79 Å². The van der Waals surface area contributed by atoms with Crippen LogP contribution in [0.1, 0.15) is 17.0 Å². The average molecular weight is 379 g/mol. The molecule has 0 aromatic carbocycles. The molecule has 0 saturated heterocycles. The van der Waals surface area contributed by atoms with Crippen LogP contribution in [-0.2, 0) is 17.8 Å². The van der Waals surface area contributed by atoms with E-state index >= 15 is 0 Å². The number of amides is 1. The summed E-state index contributed by atoms with van der Waals surface area (Å²) in [6.07, 6.45) is 1.49. The lowest BCUT2D eigenvalue weighted by atomic mass is 10.2. The van der Waals surface area contributed by atoms with Gasteiger partial charge in [-0.2, -0.15) is 0 Å². The molecule has 1 amide bonds. The van der Waals surface area contributed by atoms with Crippen molar-refractivity contribution in [2.45, 2.75) is 19.9 Å². The topological polar surface area (TPSA) is 54.9 Å². The van der Waals surface area contributed by atoms with E-state index in [0.717, 1.165) is 0 Å². The molecule has 0 saturated carbocycles. The molecule has 116 valence electrons. The van der Waals surface area contributed by atoms with Crippen LogP contribution in [0.3, 0.4) is 0 Å². The maximum atomic E-state index is 12.0. The lowest BCUT2D eigenvalue weighted by Gasteiger charge is -2.09. The van der Waals surface area contributed by atoms with Crippen LogP contribution in [0.4, 0.5) is 0 Å². The Bertz CT molecular complexity index is 698. The van der Waals surface area contributed by atoms with Crippen molar-refractivity contribution in [2.75, 3.05) is 0 Å². The number of rotatable bonds is 4. The lowest BCUT2D eigenvalue weighted by Crippen LogP contribution is -2.25. The molecule has 0 aliphatic carbocycles. The summed E-state index contributed by atoms with van der Waals surface area (Å²) in [5.74, 6) is -0.262. The summed E-state index contributed by atoms with van der Waals surface area (Å²) in [5.41, 5.74) is 1.71. The number of halogens is 4. The third-order valence-corrected chi connectivity index (χ3v) is 4.01. The Kier molecular flexibility index (Phi) is 5.87. The minimum atomic E-state index is -0.262. The Morgan fingerprint density at radius 2 is 1.91 bits per heavy atom. The van der Waals surface area contributed by atoms with Crippen LogP contribution in [0.2, 0.25) is 20.2 Å². The summed E-state index contributed by atoms with van der Waals surface area (Å²) in [6.45, 7) is 1.96. The zero-order chi connectivity index (χ0) is 16.3. The maximum Gasteiger partial charge on any atom is 0.224 e. The van der Waals surface area contributed by atoms with E-state index in [1.54, 1.807) is 19.1 Å². The van der Waals surface area contributed by atoms with E-state index in [-0.39, 0.29) is 24.0 Å². The summed E-state index contributed by atoms with van der Waals surface area (Å²) < 4.78 is 0. The number of carbonyl (C=O) groups is 1. The third-order valence-electron chi connectivity index (χ3n) is 2.82. The van der Waals surface area contributed by atoms with Gasteiger partial charge in [0.05, 0.1) is 28.7 Å². The Hall–Kier alpha value is -1.07. The molecular weight excluding hydrogens is 368 g/mol. The van der Waals surface area contributed by atoms with E-state index in [1.807, 2.05) is 0 Å². The van der Waals surface area contributed by atoms with Crippen LogP contribution in [0.25, 0.3) is 0 Å². The molecule has 0 aliphatic rings. The van der Waals surface area contributed by atoms with Crippen LogP contribution >= 0.6 is 46.4 Å². The van der Waals surface area contributed by atoms with E-state index in [1.165, 1.54) is 6.20 Å². The molecular formula is C14H11Cl4N3O. The zero-order valence-electron chi connectivity index (χ0n) is 11.5. The van der Waals surface area contributed by atoms with E-state index in [4.69, 9.17) is 46.4 Å². The van der Waals surface area contributed by atoms with Crippen molar-refractivity contribution >= 4 is 52.3 Å². The number of hydrogen-bond acceptors (Lipinski definition) is 3. The highest BCUT2D eigenvalue weighted by Crippen LogP contribution is 2.24.